The van der Waals surface area contributed by atoms with Crippen molar-refractivity contribution in [1.82, 2.24) is 5.32 Å². The van der Waals surface area contributed by atoms with Crippen LogP contribution in [0.4, 0.5) is 0 Å². The van der Waals surface area contributed by atoms with Crippen molar-refractivity contribution >= 4 is 16.9 Å². The van der Waals surface area contributed by atoms with E-state index in [2.05, 4.69) is 5.32 Å². The highest BCUT2D eigenvalue weighted by Crippen LogP contribution is 2.22. The third-order valence-corrected chi connectivity index (χ3v) is 3.49. The van der Waals surface area contributed by atoms with Crippen LogP contribution in [-0.2, 0) is 11.3 Å². The van der Waals surface area contributed by atoms with Crippen LogP contribution in [0.1, 0.15) is 16.7 Å². The molecule has 1 heterocycles. The summed E-state index contributed by atoms with van der Waals surface area (Å²) in [5.74, 6) is -0.0377. The van der Waals surface area contributed by atoms with Gasteiger partial charge in [0.2, 0.25) is 0 Å². The van der Waals surface area contributed by atoms with Crippen molar-refractivity contribution in [2.75, 3.05) is 13.6 Å². The summed E-state index contributed by atoms with van der Waals surface area (Å²) in [7, 11) is 1.61. The zero-order chi connectivity index (χ0) is 14.7. The van der Waals surface area contributed by atoms with Gasteiger partial charge in [-0.3, -0.25) is 4.79 Å². The molecule has 1 aromatic heterocycles. The van der Waals surface area contributed by atoms with Crippen molar-refractivity contribution in [3.63, 3.8) is 0 Å². The number of fused-ring (bicyclic) bond motifs is 1. The number of carbonyl (C=O) groups excluding carboxylic acids is 1. The highest BCUT2D eigenvalue weighted by molar-refractivity contribution is 5.83. The number of nitrogens with one attached hydrogen (secondary N) is 1. The summed E-state index contributed by atoms with van der Waals surface area (Å²) in [5, 5.41) is 5.36. The third-order valence-electron chi connectivity index (χ3n) is 3.49. The molecule has 2 aromatic rings. The largest absolute Gasteiger partial charge is 0.422 e. The lowest BCUT2D eigenvalue weighted by Gasteiger charge is -2.08. The van der Waals surface area contributed by atoms with Crippen LogP contribution in [0, 0.1) is 13.8 Å². The Hall–Kier alpha value is -2.14. The van der Waals surface area contributed by atoms with Crippen molar-refractivity contribution in [2.45, 2.75) is 20.4 Å². The number of hydrogen-bond acceptors (Lipinski definition) is 3. The minimum absolute atomic E-state index is 0.0377. The molecule has 20 heavy (non-hydrogen) atoms. The topological polar surface area (TPSA) is 75.9 Å². The van der Waals surface area contributed by atoms with Crippen molar-refractivity contribution in [3.8, 4) is 0 Å². The number of quaternary nitrogens is 1. The van der Waals surface area contributed by atoms with Crippen LogP contribution in [0.5, 0.6) is 0 Å². The van der Waals surface area contributed by atoms with Crippen molar-refractivity contribution < 1.29 is 14.5 Å². The van der Waals surface area contributed by atoms with Crippen LogP contribution >= 0.6 is 0 Å². The van der Waals surface area contributed by atoms with Gasteiger partial charge in [0.1, 0.15) is 12.1 Å². The number of carbonyl (C=O) groups is 1. The van der Waals surface area contributed by atoms with E-state index >= 15 is 0 Å². The van der Waals surface area contributed by atoms with Gasteiger partial charge in [0.25, 0.3) is 5.91 Å². The van der Waals surface area contributed by atoms with E-state index in [0.717, 1.165) is 22.1 Å². The molecule has 0 spiro atoms. The summed E-state index contributed by atoms with van der Waals surface area (Å²) >= 11 is 0. The smallest absolute Gasteiger partial charge is 0.336 e. The first-order valence-electron chi connectivity index (χ1n) is 6.58. The first kappa shape index (κ1) is 14.3. The number of likely N-dealkylation sites (N-methyl/N-ethyl adjacent to an activating group) is 1. The minimum atomic E-state index is -0.352. The van der Waals surface area contributed by atoms with Gasteiger partial charge in [0, 0.05) is 24.1 Å². The second-order valence-corrected chi connectivity index (χ2v) is 4.84. The Kier molecular flexibility index (Phi) is 4.20. The first-order valence-corrected chi connectivity index (χ1v) is 6.58. The molecule has 0 aliphatic rings. The average molecular weight is 275 g/mol. The summed E-state index contributed by atoms with van der Waals surface area (Å²) in [6, 6.07) is 5.47. The molecule has 0 aliphatic heterocycles. The van der Waals surface area contributed by atoms with E-state index in [-0.39, 0.29) is 11.5 Å². The van der Waals surface area contributed by atoms with Crippen molar-refractivity contribution in [1.29, 1.82) is 0 Å². The molecule has 3 N–H and O–H groups in total. The van der Waals surface area contributed by atoms with Gasteiger partial charge in [0.15, 0.2) is 6.54 Å². The molecular weight excluding hydrogens is 256 g/mol. The second-order valence-electron chi connectivity index (χ2n) is 4.84. The van der Waals surface area contributed by atoms with Gasteiger partial charge in [-0.15, -0.1) is 0 Å². The zero-order valence-corrected chi connectivity index (χ0v) is 11.9. The molecule has 0 aliphatic carbocycles. The quantitative estimate of drug-likeness (QED) is 0.784. The molecule has 1 amide bonds. The fraction of sp³-hybridized carbons (Fsp3) is 0.333. The van der Waals surface area contributed by atoms with Crippen LogP contribution in [0.15, 0.2) is 27.4 Å². The molecule has 0 saturated heterocycles. The van der Waals surface area contributed by atoms with Crippen LogP contribution in [0.2, 0.25) is 0 Å². The fourth-order valence-electron chi connectivity index (χ4n) is 2.15. The van der Waals surface area contributed by atoms with E-state index in [1.807, 2.05) is 31.3 Å². The number of benzene rings is 1. The maximum atomic E-state index is 11.7. The van der Waals surface area contributed by atoms with E-state index in [9.17, 15) is 9.59 Å². The normalized spacial score (nSPS) is 10.8. The van der Waals surface area contributed by atoms with Gasteiger partial charge < -0.3 is 15.1 Å². The number of rotatable bonds is 4. The number of nitrogens with two attached hydrogens (primary N) is 1. The monoisotopic (exact) mass is 275 g/mol. The highest BCUT2D eigenvalue weighted by Gasteiger charge is 2.11. The Morgan fingerprint density at radius 3 is 2.80 bits per heavy atom. The van der Waals surface area contributed by atoms with Crippen molar-refractivity contribution in [3.05, 3.63) is 45.3 Å². The lowest BCUT2D eigenvalue weighted by Crippen LogP contribution is -2.85. The standard InChI is InChI=1S/C15H18N2O3/c1-9-4-5-12-11(7-17-8-13(18)16-3)6-14(19)20-15(12)10(9)2/h4-6,17H,7-8H2,1-3H3,(H,16,18)/p+1. The predicted molar refractivity (Wildman–Crippen MR) is 76.5 cm³/mol. The van der Waals surface area contributed by atoms with Crippen molar-refractivity contribution in [2.24, 2.45) is 0 Å². The highest BCUT2D eigenvalue weighted by atomic mass is 16.4. The molecule has 0 bridgehead atoms. The number of amides is 1. The lowest BCUT2D eigenvalue weighted by atomic mass is 10.0. The van der Waals surface area contributed by atoms with Gasteiger partial charge in [-0.25, -0.2) is 4.79 Å². The molecule has 0 saturated carbocycles. The second kappa shape index (κ2) is 5.88. The maximum absolute atomic E-state index is 11.7. The van der Waals surface area contributed by atoms with Gasteiger partial charge in [0.05, 0.1) is 0 Å². The summed E-state index contributed by atoms with van der Waals surface area (Å²) in [5.41, 5.74) is 3.25. The van der Waals surface area contributed by atoms with Gasteiger partial charge >= 0.3 is 5.63 Å². The lowest BCUT2D eigenvalue weighted by molar-refractivity contribution is -0.659. The molecule has 2 rings (SSSR count). The van der Waals surface area contributed by atoms with Crippen LogP contribution in [0.25, 0.3) is 11.0 Å². The van der Waals surface area contributed by atoms with Gasteiger partial charge in [-0.1, -0.05) is 12.1 Å². The average Bonchev–Trinajstić information content (AvgIpc) is 2.43. The molecule has 5 heteroatoms. The number of hydrogen-bond donors (Lipinski definition) is 2. The Labute approximate surface area is 117 Å². The summed E-state index contributed by atoms with van der Waals surface area (Å²) in [6.45, 7) is 4.83. The van der Waals surface area contributed by atoms with Crippen LogP contribution in [-0.4, -0.2) is 19.5 Å². The summed E-state index contributed by atoms with van der Waals surface area (Å²) in [6.07, 6.45) is 0. The molecular formula is C15H19N2O3+. The molecule has 0 unspecified atom stereocenters. The van der Waals surface area contributed by atoms with Crippen LogP contribution < -0.4 is 16.3 Å². The summed E-state index contributed by atoms with van der Waals surface area (Å²) < 4.78 is 5.31. The molecule has 0 fully saturated rings. The Morgan fingerprint density at radius 1 is 1.35 bits per heavy atom. The Morgan fingerprint density at radius 2 is 2.10 bits per heavy atom. The Bertz CT molecular complexity index is 704. The van der Waals surface area contributed by atoms with E-state index in [1.54, 1.807) is 7.05 Å². The maximum Gasteiger partial charge on any atom is 0.336 e. The van der Waals surface area contributed by atoms with E-state index in [1.165, 1.54) is 6.07 Å². The van der Waals surface area contributed by atoms with E-state index < -0.39 is 0 Å². The molecule has 5 nitrogen and oxygen atoms in total. The minimum Gasteiger partial charge on any atom is -0.422 e. The SMILES string of the molecule is CNC(=O)C[NH2+]Cc1cc(=O)oc2c(C)c(C)ccc12. The first-order chi connectivity index (χ1) is 9.52. The predicted octanol–water partition coefficient (Wildman–Crippen LogP) is 0.219. The van der Waals surface area contributed by atoms with Crippen LogP contribution in [0.3, 0.4) is 0 Å². The van der Waals surface area contributed by atoms with Gasteiger partial charge in [-0.05, 0) is 25.0 Å². The summed E-state index contributed by atoms with van der Waals surface area (Å²) in [4.78, 5) is 22.9. The molecule has 106 valence electrons. The zero-order valence-electron chi connectivity index (χ0n) is 11.9. The van der Waals surface area contributed by atoms with E-state index in [0.29, 0.717) is 18.7 Å². The fourth-order valence-corrected chi connectivity index (χ4v) is 2.15. The molecule has 0 atom stereocenters. The van der Waals surface area contributed by atoms with E-state index in [4.69, 9.17) is 4.42 Å². The number of aryl methyl sites for hydroxylation is 2. The van der Waals surface area contributed by atoms with Gasteiger partial charge in [-0.2, -0.15) is 0 Å². The molecule has 1 aromatic carbocycles. The third kappa shape index (κ3) is 2.88. The molecule has 0 radical (unpaired) electrons. The Balaban J connectivity index is 2.36.